The summed E-state index contributed by atoms with van der Waals surface area (Å²) in [7, 11) is -4.37. The van der Waals surface area contributed by atoms with Gasteiger partial charge in [0.1, 0.15) is 5.58 Å². The highest BCUT2D eigenvalue weighted by atomic mass is 35.5. The van der Waals surface area contributed by atoms with Crippen LogP contribution in [0.1, 0.15) is 10.6 Å². The Morgan fingerprint density at radius 3 is 2.52 bits per heavy atom. The zero-order chi connectivity index (χ0) is 18.2. The molecule has 0 unspecified atom stereocenters. The number of hydrogen-bond donors (Lipinski definition) is 2. The van der Waals surface area contributed by atoms with Gasteiger partial charge in [0.2, 0.25) is 0 Å². The van der Waals surface area contributed by atoms with E-state index < -0.39 is 37.5 Å². The largest absolute Gasteiger partial charge is 0.451 e. The fourth-order valence-electron chi connectivity index (χ4n) is 2.02. The first-order chi connectivity index (χ1) is 11.8. The van der Waals surface area contributed by atoms with Crippen molar-refractivity contribution in [3.05, 3.63) is 64.9 Å². The minimum atomic E-state index is -4.37. The smallest absolute Gasteiger partial charge is 0.301 e. The van der Waals surface area contributed by atoms with Crippen LogP contribution >= 0.6 is 11.6 Å². The number of sulfonamides is 1. The first-order valence-corrected chi connectivity index (χ1v) is 8.59. The molecule has 2 aromatic carbocycles. The molecule has 3 aromatic rings. The Hall–Kier alpha value is -2.49. The molecule has 10 heteroatoms. The highest BCUT2D eigenvalue weighted by Gasteiger charge is 2.21. The van der Waals surface area contributed by atoms with Crippen molar-refractivity contribution in [1.29, 1.82) is 0 Å². The van der Waals surface area contributed by atoms with Crippen LogP contribution in [0, 0.1) is 11.6 Å². The molecular weight excluding hydrogens is 378 g/mol. The molecule has 0 saturated carbocycles. The Kier molecular flexibility index (Phi) is 4.46. The lowest BCUT2D eigenvalue weighted by molar-refractivity contribution is 0.0919. The molecule has 0 atom stereocenters. The summed E-state index contributed by atoms with van der Waals surface area (Å²) in [5.74, 6) is -3.80. The van der Waals surface area contributed by atoms with Crippen LogP contribution in [0.5, 0.6) is 0 Å². The van der Waals surface area contributed by atoms with Crippen molar-refractivity contribution in [1.82, 2.24) is 10.3 Å². The molecule has 130 valence electrons. The van der Waals surface area contributed by atoms with Crippen LogP contribution in [0.4, 0.5) is 8.78 Å². The maximum atomic E-state index is 13.3. The molecule has 3 rings (SSSR count). The standard InChI is InChI=1S/C15H9ClF2N2O4S/c16-10-6-9(7-11(17)14(10)18)25(22,23)20-19-15(21)13-5-8-3-1-2-4-12(8)24-13/h1-7,20H,(H,19,21). The number of para-hydroxylation sites is 1. The predicted molar refractivity (Wildman–Crippen MR) is 85.4 cm³/mol. The fourth-order valence-corrected chi connectivity index (χ4v) is 3.16. The van der Waals surface area contributed by atoms with E-state index in [9.17, 15) is 22.0 Å². The van der Waals surface area contributed by atoms with E-state index in [4.69, 9.17) is 16.0 Å². The maximum Gasteiger partial charge on any atom is 0.301 e. The van der Waals surface area contributed by atoms with E-state index in [1.54, 1.807) is 29.1 Å². The summed E-state index contributed by atoms with van der Waals surface area (Å²) in [6, 6.07) is 9.39. The van der Waals surface area contributed by atoms with Gasteiger partial charge in [-0.05, 0) is 24.3 Å². The number of rotatable bonds is 4. The molecule has 6 nitrogen and oxygen atoms in total. The lowest BCUT2D eigenvalue weighted by Gasteiger charge is -2.08. The number of fused-ring (bicyclic) bond motifs is 1. The number of carbonyl (C=O) groups excluding carboxylic acids is 1. The molecular formula is C15H9ClF2N2O4S. The van der Waals surface area contributed by atoms with E-state index in [0.29, 0.717) is 17.0 Å². The van der Waals surface area contributed by atoms with Gasteiger partial charge in [-0.1, -0.05) is 29.8 Å². The third-order valence-electron chi connectivity index (χ3n) is 3.22. The van der Waals surface area contributed by atoms with Crippen molar-refractivity contribution in [3.8, 4) is 0 Å². The molecule has 25 heavy (non-hydrogen) atoms. The molecule has 0 radical (unpaired) electrons. The van der Waals surface area contributed by atoms with Crippen LogP contribution in [-0.2, 0) is 10.0 Å². The number of halogens is 3. The molecule has 1 amide bonds. The Labute approximate surface area is 145 Å². The van der Waals surface area contributed by atoms with Crippen molar-refractivity contribution in [2.24, 2.45) is 0 Å². The van der Waals surface area contributed by atoms with Crippen LogP contribution in [0.2, 0.25) is 5.02 Å². The quantitative estimate of drug-likeness (QED) is 0.533. The molecule has 0 fully saturated rings. The van der Waals surface area contributed by atoms with E-state index in [1.807, 2.05) is 5.43 Å². The van der Waals surface area contributed by atoms with E-state index in [1.165, 1.54) is 6.07 Å². The molecule has 0 spiro atoms. The van der Waals surface area contributed by atoms with Crippen LogP contribution in [-0.4, -0.2) is 14.3 Å². The zero-order valence-corrected chi connectivity index (χ0v) is 13.8. The second-order valence-corrected chi connectivity index (χ2v) is 7.00. The molecule has 0 aliphatic rings. The number of hydrogen-bond acceptors (Lipinski definition) is 4. The van der Waals surface area contributed by atoms with E-state index >= 15 is 0 Å². The number of hydrazine groups is 1. The Bertz CT molecular complexity index is 1030. The van der Waals surface area contributed by atoms with E-state index in [2.05, 4.69) is 0 Å². The Morgan fingerprint density at radius 2 is 1.84 bits per heavy atom. The maximum absolute atomic E-state index is 13.3. The minimum Gasteiger partial charge on any atom is -0.451 e. The molecule has 2 N–H and O–H groups in total. The molecule has 0 aliphatic carbocycles. The summed E-state index contributed by atoms with van der Waals surface area (Å²) in [5.41, 5.74) is 2.37. The van der Waals surface area contributed by atoms with Crippen LogP contribution < -0.4 is 10.3 Å². The van der Waals surface area contributed by atoms with E-state index in [0.717, 1.165) is 6.07 Å². The molecule has 0 saturated heterocycles. The average Bonchev–Trinajstić information content (AvgIpc) is 3.01. The highest BCUT2D eigenvalue weighted by Crippen LogP contribution is 2.22. The second-order valence-electron chi connectivity index (χ2n) is 4.91. The first kappa shape index (κ1) is 17.3. The molecule has 1 aromatic heterocycles. The fraction of sp³-hybridized carbons (Fsp3) is 0. The summed E-state index contributed by atoms with van der Waals surface area (Å²) in [6.45, 7) is 0. The van der Waals surface area contributed by atoms with Gasteiger partial charge < -0.3 is 4.42 Å². The summed E-state index contributed by atoms with van der Waals surface area (Å²) < 4.78 is 55.8. The Morgan fingerprint density at radius 1 is 1.12 bits per heavy atom. The predicted octanol–water partition coefficient (Wildman–Crippen LogP) is 2.99. The van der Waals surface area contributed by atoms with Crippen LogP contribution in [0.3, 0.4) is 0 Å². The summed E-state index contributed by atoms with van der Waals surface area (Å²) in [4.78, 5) is 13.1. The normalized spacial score (nSPS) is 11.6. The first-order valence-electron chi connectivity index (χ1n) is 6.73. The lowest BCUT2D eigenvalue weighted by Crippen LogP contribution is -2.41. The minimum absolute atomic E-state index is 0.132. The number of amides is 1. The van der Waals surface area contributed by atoms with Crippen molar-refractivity contribution in [2.75, 3.05) is 0 Å². The van der Waals surface area contributed by atoms with Crippen molar-refractivity contribution >= 4 is 38.5 Å². The SMILES string of the molecule is O=C(NNS(=O)(=O)c1cc(F)c(F)c(Cl)c1)c1cc2ccccc2o1. The molecule has 0 bridgehead atoms. The van der Waals surface area contributed by atoms with Crippen molar-refractivity contribution in [3.63, 3.8) is 0 Å². The van der Waals surface area contributed by atoms with Gasteiger partial charge >= 0.3 is 5.91 Å². The second kappa shape index (κ2) is 6.43. The summed E-state index contributed by atoms with van der Waals surface area (Å²) in [6.07, 6.45) is 0. The van der Waals surface area contributed by atoms with Crippen LogP contribution in [0.25, 0.3) is 11.0 Å². The molecule has 0 aliphatic heterocycles. The van der Waals surface area contributed by atoms with Gasteiger partial charge in [-0.15, -0.1) is 4.83 Å². The lowest BCUT2D eigenvalue weighted by atomic mass is 10.2. The Balaban J connectivity index is 1.78. The third kappa shape index (κ3) is 3.48. The molecule has 1 heterocycles. The van der Waals surface area contributed by atoms with Gasteiger partial charge in [-0.3, -0.25) is 10.2 Å². The summed E-state index contributed by atoms with van der Waals surface area (Å²) >= 11 is 5.42. The van der Waals surface area contributed by atoms with Gasteiger partial charge in [-0.25, -0.2) is 17.2 Å². The van der Waals surface area contributed by atoms with Gasteiger partial charge in [0, 0.05) is 5.39 Å². The number of nitrogens with one attached hydrogen (secondary N) is 2. The summed E-state index contributed by atoms with van der Waals surface area (Å²) in [5, 5.41) is -0.0492. The van der Waals surface area contributed by atoms with Crippen molar-refractivity contribution in [2.45, 2.75) is 4.90 Å². The van der Waals surface area contributed by atoms with Crippen molar-refractivity contribution < 1.29 is 26.4 Å². The van der Waals surface area contributed by atoms with Gasteiger partial charge in [0.05, 0.1) is 9.92 Å². The van der Waals surface area contributed by atoms with Gasteiger partial charge in [0.25, 0.3) is 10.0 Å². The third-order valence-corrected chi connectivity index (χ3v) is 4.72. The number of carbonyl (C=O) groups is 1. The zero-order valence-electron chi connectivity index (χ0n) is 12.2. The number of furan rings is 1. The monoisotopic (exact) mass is 386 g/mol. The van der Waals surface area contributed by atoms with Gasteiger partial charge in [-0.2, -0.15) is 0 Å². The highest BCUT2D eigenvalue weighted by molar-refractivity contribution is 7.89. The van der Waals surface area contributed by atoms with E-state index in [-0.39, 0.29) is 5.76 Å². The topological polar surface area (TPSA) is 88.4 Å². The van der Waals surface area contributed by atoms with Gasteiger partial charge in [0.15, 0.2) is 17.4 Å². The van der Waals surface area contributed by atoms with Crippen LogP contribution in [0.15, 0.2) is 51.8 Å². The number of benzene rings is 2. The average molecular weight is 387 g/mol.